The van der Waals surface area contributed by atoms with Gasteiger partial charge < -0.3 is 14.9 Å². The number of aliphatic hydroxyl groups is 1. The summed E-state index contributed by atoms with van der Waals surface area (Å²) in [7, 11) is 0. The fourth-order valence-corrected chi connectivity index (χ4v) is 2.32. The van der Waals surface area contributed by atoms with Crippen molar-refractivity contribution in [1.82, 2.24) is 15.5 Å². The number of hydrogen-bond donors (Lipinski definition) is 2. The molecule has 2 N–H and O–H groups in total. The smallest absolute Gasteiger partial charge is 0.259 e. The number of aromatic nitrogens is 2. The van der Waals surface area contributed by atoms with E-state index in [0.717, 1.165) is 0 Å². The molecule has 6 heteroatoms. The van der Waals surface area contributed by atoms with Gasteiger partial charge in [-0.3, -0.25) is 0 Å². The van der Waals surface area contributed by atoms with E-state index in [1.807, 2.05) is 0 Å². The molecular formula is C14H16FN3O2. The molecule has 20 heavy (non-hydrogen) atoms. The van der Waals surface area contributed by atoms with Crippen molar-refractivity contribution in [2.24, 2.45) is 0 Å². The molecule has 1 aromatic heterocycles. The molecule has 0 bridgehead atoms. The van der Waals surface area contributed by atoms with E-state index in [4.69, 9.17) is 4.52 Å². The third-order valence-corrected chi connectivity index (χ3v) is 3.68. The first-order valence-electron chi connectivity index (χ1n) is 6.62. The number of nitrogens with one attached hydrogen (secondary N) is 1. The van der Waals surface area contributed by atoms with Crippen LogP contribution >= 0.6 is 0 Å². The van der Waals surface area contributed by atoms with Crippen molar-refractivity contribution >= 4 is 0 Å². The minimum atomic E-state index is -1.08. The highest BCUT2D eigenvalue weighted by Gasteiger charge is 2.37. The van der Waals surface area contributed by atoms with Gasteiger partial charge in [0.15, 0.2) is 0 Å². The Kier molecular flexibility index (Phi) is 3.27. The molecule has 5 nitrogen and oxygen atoms in total. The van der Waals surface area contributed by atoms with Gasteiger partial charge in [-0.25, -0.2) is 4.39 Å². The normalized spacial score (nSPS) is 18.1. The van der Waals surface area contributed by atoms with Gasteiger partial charge in [0.2, 0.25) is 5.82 Å². The first kappa shape index (κ1) is 13.2. The van der Waals surface area contributed by atoms with Crippen molar-refractivity contribution in [2.75, 3.05) is 13.1 Å². The molecule has 1 aliphatic heterocycles. The Morgan fingerprint density at radius 3 is 2.80 bits per heavy atom. The first-order valence-corrected chi connectivity index (χ1v) is 6.62. The second-order valence-electron chi connectivity index (χ2n) is 5.17. The average Bonchev–Trinajstić information content (AvgIpc) is 2.93. The third kappa shape index (κ3) is 2.32. The van der Waals surface area contributed by atoms with E-state index in [1.165, 1.54) is 6.07 Å². The van der Waals surface area contributed by atoms with E-state index in [2.05, 4.69) is 15.5 Å². The lowest BCUT2D eigenvalue weighted by Crippen LogP contribution is -2.39. The molecule has 1 fully saturated rings. The maximum Gasteiger partial charge on any atom is 0.259 e. The van der Waals surface area contributed by atoms with Gasteiger partial charge in [0.25, 0.3) is 5.89 Å². The standard InChI is InChI=1S/C14H16FN3O2/c1-9-2-3-10(8-11(9)15)12-17-13(20-18-12)14(19)4-6-16-7-5-14/h2-3,8,16,19H,4-7H2,1H3. The number of hydrogen-bond acceptors (Lipinski definition) is 5. The molecule has 3 rings (SSSR count). The number of benzene rings is 1. The second kappa shape index (κ2) is 4.96. The van der Waals surface area contributed by atoms with E-state index in [-0.39, 0.29) is 11.7 Å². The van der Waals surface area contributed by atoms with Crippen molar-refractivity contribution in [2.45, 2.75) is 25.4 Å². The largest absolute Gasteiger partial charge is 0.380 e. The van der Waals surface area contributed by atoms with Crippen molar-refractivity contribution in [3.05, 3.63) is 35.5 Å². The molecule has 106 valence electrons. The van der Waals surface area contributed by atoms with E-state index in [0.29, 0.717) is 42.9 Å². The van der Waals surface area contributed by atoms with Gasteiger partial charge in [-0.15, -0.1) is 0 Å². The van der Waals surface area contributed by atoms with Crippen molar-refractivity contribution in [1.29, 1.82) is 0 Å². The topological polar surface area (TPSA) is 71.2 Å². The maximum atomic E-state index is 13.6. The van der Waals surface area contributed by atoms with Gasteiger partial charge in [-0.1, -0.05) is 17.3 Å². The Labute approximate surface area is 115 Å². The highest BCUT2D eigenvalue weighted by atomic mass is 19.1. The quantitative estimate of drug-likeness (QED) is 0.875. The molecule has 0 spiro atoms. The predicted octanol–water partition coefficient (Wildman–Crippen LogP) is 1.76. The van der Waals surface area contributed by atoms with Gasteiger partial charge in [0.05, 0.1) is 0 Å². The van der Waals surface area contributed by atoms with Gasteiger partial charge in [-0.2, -0.15) is 4.98 Å². The van der Waals surface area contributed by atoms with Crippen LogP contribution in [0.3, 0.4) is 0 Å². The van der Waals surface area contributed by atoms with Crippen LogP contribution < -0.4 is 5.32 Å². The van der Waals surface area contributed by atoms with Crippen LogP contribution in [0.2, 0.25) is 0 Å². The zero-order valence-electron chi connectivity index (χ0n) is 11.2. The molecule has 0 amide bonds. The Morgan fingerprint density at radius 1 is 1.35 bits per heavy atom. The van der Waals surface area contributed by atoms with Crippen molar-refractivity contribution in [3.63, 3.8) is 0 Å². The molecule has 1 aromatic carbocycles. The minimum Gasteiger partial charge on any atom is -0.380 e. The molecule has 0 radical (unpaired) electrons. The fourth-order valence-electron chi connectivity index (χ4n) is 2.32. The van der Waals surface area contributed by atoms with E-state index < -0.39 is 5.60 Å². The molecular weight excluding hydrogens is 261 g/mol. The van der Waals surface area contributed by atoms with Crippen LogP contribution in [0.1, 0.15) is 24.3 Å². The molecule has 2 aromatic rings. The summed E-state index contributed by atoms with van der Waals surface area (Å²) < 4.78 is 18.7. The zero-order valence-corrected chi connectivity index (χ0v) is 11.2. The molecule has 1 aliphatic rings. The van der Waals surface area contributed by atoms with Gasteiger partial charge >= 0.3 is 0 Å². The van der Waals surface area contributed by atoms with Crippen LogP contribution in [-0.2, 0) is 5.60 Å². The first-order chi connectivity index (χ1) is 9.58. The van der Waals surface area contributed by atoms with Crippen LogP contribution in [0.25, 0.3) is 11.4 Å². The molecule has 2 heterocycles. The summed E-state index contributed by atoms with van der Waals surface area (Å²) in [6.45, 7) is 3.10. The van der Waals surface area contributed by atoms with Crippen molar-refractivity contribution < 1.29 is 14.0 Å². The summed E-state index contributed by atoms with van der Waals surface area (Å²) in [5.41, 5.74) is 0.0230. The summed E-state index contributed by atoms with van der Waals surface area (Å²) >= 11 is 0. The highest BCUT2D eigenvalue weighted by molar-refractivity contribution is 5.55. The molecule has 0 aliphatic carbocycles. The number of rotatable bonds is 2. The van der Waals surface area contributed by atoms with Gasteiger partial charge in [0, 0.05) is 5.56 Å². The highest BCUT2D eigenvalue weighted by Crippen LogP contribution is 2.30. The minimum absolute atomic E-state index is 0.204. The summed E-state index contributed by atoms with van der Waals surface area (Å²) in [4.78, 5) is 4.22. The fraction of sp³-hybridized carbons (Fsp3) is 0.429. The predicted molar refractivity (Wildman–Crippen MR) is 70.4 cm³/mol. The lowest BCUT2D eigenvalue weighted by Gasteiger charge is -2.28. The van der Waals surface area contributed by atoms with Crippen LogP contribution in [0, 0.1) is 12.7 Å². The van der Waals surface area contributed by atoms with E-state index in [1.54, 1.807) is 19.1 Å². The monoisotopic (exact) mass is 277 g/mol. The third-order valence-electron chi connectivity index (χ3n) is 3.68. The SMILES string of the molecule is Cc1ccc(-c2noc(C3(O)CCNCC3)n2)cc1F. The summed E-state index contributed by atoms with van der Waals surface area (Å²) in [5, 5.41) is 17.5. The van der Waals surface area contributed by atoms with Crippen LogP contribution in [0.15, 0.2) is 22.7 Å². The van der Waals surface area contributed by atoms with Crippen molar-refractivity contribution in [3.8, 4) is 11.4 Å². The lowest BCUT2D eigenvalue weighted by molar-refractivity contribution is -0.0228. The number of aryl methyl sites for hydroxylation is 1. The number of halogens is 1. The maximum absolute atomic E-state index is 13.6. The molecule has 0 saturated carbocycles. The molecule has 0 unspecified atom stereocenters. The zero-order chi connectivity index (χ0) is 14.2. The Morgan fingerprint density at radius 2 is 2.10 bits per heavy atom. The van der Waals surface area contributed by atoms with Crippen LogP contribution in [-0.4, -0.2) is 28.3 Å². The van der Waals surface area contributed by atoms with Gasteiger partial charge in [0.1, 0.15) is 11.4 Å². The summed E-state index contributed by atoms with van der Waals surface area (Å²) in [6, 6.07) is 4.77. The average molecular weight is 277 g/mol. The van der Waals surface area contributed by atoms with Crippen LogP contribution in [0.5, 0.6) is 0 Å². The number of piperidine rings is 1. The van der Waals surface area contributed by atoms with E-state index in [9.17, 15) is 9.50 Å². The summed E-state index contributed by atoms with van der Waals surface area (Å²) in [5.74, 6) is 0.190. The molecule has 0 atom stereocenters. The van der Waals surface area contributed by atoms with Gasteiger partial charge in [-0.05, 0) is 44.5 Å². The number of nitrogens with zero attached hydrogens (tertiary/aromatic N) is 2. The Balaban J connectivity index is 1.91. The lowest BCUT2D eigenvalue weighted by atomic mass is 9.92. The second-order valence-corrected chi connectivity index (χ2v) is 5.17. The van der Waals surface area contributed by atoms with E-state index >= 15 is 0 Å². The Bertz CT molecular complexity index is 621. The summed E-state index contributed by atoms with van der Waals surface area (Å²) in [6.07, 6.45) is 1.05. The van der Waals surface area contributed by atoms with Crippen LogP contribution in [0.4, 0.5) is 4.39 Å². The Hall–Kier alpha value is -1.79. The molecule has 1 saturated heterocycles.